The van der Waals surface area contributed by atoms with Crippen molar-refractivity contribution >= 4 is 54.0 Å². The van der Waals surface area contributed by atoms with Gasteiger partial charge in [-0.2, -0.15) is 12.1 Å². The summed E-state index contributed by atoms with van der Waals surface area (Å²) in [5.74, 6) is 2.42. The van der Waals surface area contributed by atoms with E-state index in [2.05, 4.69) is 125 Å². The molecule has 0 atom stereocenters. The molecule has 2 radical (unpaired) electrons. The summed E-state index contributed by atoms with van der Waals surface area (Å²) in [5.41, 5.74) is 8.87. The van der Waals surface area contributed by atoms with Crippen molar-refractivity contribution in [1.29, 1.82) is 0 Å². The van der Waals surface area contributed by atoms with Crippen molar-refractivity contribution in [3.05, 3.63) is 96.8 Å². The van der Waals surface area contributed by atoms with Crippen molar-refractivity contribution < 1.29 is 19.2 Å². The zero-order valence-corrected chi connectivity index (χ0v) is 31.4. The molecule has 0 aromatic heterocycles. The Hall–Kier alpha value is -0.829. The van der Waals surface area contributed by atoms with E-state index in [4.69, 9.17) is 0 Å². The van der Waals surface area contributed by atoms with Crippen molar-refractivity contribution in [3.8, 4) is 0 Å². The second kappa shape index (κ2) is 20.1. The van der Waals surface area contributed by atoms with Crippen LogP contribution in [-0.4, -0.2) is 7.63 Å². The van der Waals surface area contributed by atoms with E-state index in [9.17, 15) is 0 Å². The van der Waals surface area contributed by atoms with Crippen molar-refractivity contribution in [2.75, 3.05) is 0 Å². The number of fused-ring (bicyclic) bond motifs is 2. The van der Waals surface area contributed by atoms with Gasteiger partial charge in [-0.3, -0.25) is 0 Å². The molecule has 0 aliphatic heterocycles. The number of halogens is 2. The molecule has 224 valence electrons. The molecule has 0 aliphatic carbocycles. The van der Waals surface area contributed by atoms with Crippen molar-refractivity contribution in [3.63, 3.8) is 0 Å². The standard InChI is InChI=1S/2C17H23.2CH3.2ClH.Si.Ti/c2*1-6-13-7-15-9-14(11(2)3)10-16(12(4)5)17(15)8-13;;;;;;/h2*7-12H,6H2,1-5H3;2*1H3;2*1H;;/q4*-1;;;;. The van der Waals surface area contributed by atoms with Gasteiger partial charge in [0.1, 0.15) is 0 Å². The maximum absolute atomic E-state index is 2.97. The third-order valence-electron chi connectivity index (χ3n) is 7.27. The zero-order valence-electron chi connectivity index (χ0n) is 27.2. The van der Waals surface area contributed by atoms with Crippen LogP contribution in [0.5, 0.6) is 0 Å². The molecule has 0 saturated heterocycles. The van der Waals surface area contributed by atoms with Gasteiger partial charge in [-0.25, -0.2) is 0 Å². The quantitative estimate of drug-likeness (QED) is 0.146. The average Bonchev–Trinajstić information content (AvgIpc) is 3.47. The zero-order chi connectivity index (χ0) is 27.2. The number of hydrogen-bond acceptors (Lipinski definition) is 0. The first-order valence-corrected chi connectivity index (χ1v) is 16.6. The van der Waals surface area contributed by atoms with Gasteiger partial charge in [0, 0.05) is 0 Å². The molecular weight excluding hydrogens is 579 g/mol. The van der Waals surface area contributed by atoms with Gasteiger partial charge in [0.15, 0.2) is 0 Å². The minimum atomic E-state index is 0. The van der Waals surface area contributed by atoms with E-state index in [0.717, 1.165) is 12.8 Å². The van der Waals surface area contributed by atoms with Crippen molar-refractivity contribution in [2.24, 2.45) is 0 Å². The van der Waals surface area contributed by atoms with Gasteiger partial charge in [0.25, 0.3) is 0 Å². The second-order valence-corrected chi connectivity index (χ2v) is 11.3. The monoisotopic (exact) mass is 632 g/mol. The van der Waals surface area contributed by atoms with Crippen LogP contribution in [0, 0.1) is 14.9 Å². The van der Waals surface area contributed by atoms with Crippen LogP contribution in [-0.2, 0) is 32.0 Å². The van der Waals surface area contributed by atoms with Crippen LogP contribution in [0.25, 0.3) is 21.5 Å². The third kappa shape index (κ3) is 10.8. The molecule has 0 spiro atoms. The molecule has 0 N–H and O–H groups in total. The predicted octanol–water partition coefficient (Wildman–Crippen LogP) is 12.1. The van der Waals surface area contributed by atoms with Crippen LogP contribution < -0.4 is 0 Å². The summed E-state index contributed by atoms with van der Waals surface area (Å²) in [6, 6.07) is 19.0. The topological polar surface area (TPSA) is 0 Å². The van der Waals surface area contributed by atoms with Gasteiger partial charge in [-0.15, -0.1) is 81.8 Å². The Morgan fingerprint density at radius 3 is 1.07 bits per heavy atom. The first-order chi connectivity index (χ1) is 17.0. The molecule has 0 fully saturated rings. The summed E-state index contributed by atoms with van der Waals surface area (Å²) in [4.78, 5) is 0. The normalized spacial score (nSPS) is 10.2. The maximum atomic E-state index is 2.97. The fourth-order valence-corrected chi connectivity index (χ4v) is 4.90. The second-order valence-electron chi connectivity index (χ2n) is 11.3. The molecule has 4 rings (SSSR count). The van der Waals surface area contributed by atoms with E-state index in [1.807, 2.05) is 0 Å². The Morgan fingerprint density at radius 1 is 0.550 bits per heavy atom. The van der Waals surface area contributed by atoms with E-state index in [-0.39, 0.29) is 39.7 Å². The molecule has 40 heavy (non-hydrogen) atoms. The van der Waals surface area contributed by atoms with E-state index < -0.39 is 0 Å². The van der Waals surface area contributed by atoms with Crippen molar-refractivity contribution in [1.82, 2.24) is 0 Å². The molecule has 4 heteroatoms. The Labute approximate surface area is 274 Å². The van der Waals surface area contributed by atoms with Gasteiger partial charge in [-0.05, 0) is 36.5 Å². The molecule has 0 unspecified atom stereocenters. The predicted molar refractivity (Wildman–Crippen MR) is 187 cm³/mol. The summed E-state index contributed by atoms with van der Waals surface area (Å²) >= 11 is 1.81. The number of aryl methyl sites for hydroxylation is 2. The number of benzene rings is 2. The molecule has 0 aliphatic rings. The van der Waals surface area contributed by atoms with E-state index in [1.165, 1.54) is 54.9 Å². The van der Waals surface area contributed by atoms with Crippen LogP contribution in [0.15, 0.2) is 48.5 Å². The summed E-state index contributed by atoms with van der Waals surface area (Å²) < 4.78 is 0. The molecule has 0 saturated carbocycles. The van der Waals surface area contributed by atoms with Crippen LogP contribution in [0.3, 0.4) is 0 Å². The molecular formula is C36H54Cl2SiTi-4. The van der Waals surface area contributed by atoms with E-state index in [1.54, 1.807) is 19.2 Å². The SMILES string of the molecule is CCc1cc2c(C(C)C)cc(C(C)C)cc2[cH-]1.CCc1cc2c(C(C)C)cc(C(C)C)cc2[cH-]1.Cl.Cl.[CH3-].[CH3-].[Si]=[Ti]. The van der Waals surface area contributed by atoms with Gasteiger partial charge in [0.2, 0.25) is 0 Å². The first kappa shape index (κ1) is 43.6. The molecule has 0 bridgehead atoms. The fourth-order valence-electron chi connectivity index (χ4n) is 4.90. The van der Waals surface area contributed by atoms with E-state index in [0.29, 0.717) is 23.7 Å². The number of hydrogen-bond donors (Lipinski definition) is 0. The minimum absolute atomic E-state index is 0. The van der Waals surface area contributed by atoms with Crippen molar-refractivity contribution in [2.45, 2.75) is 106 Å². The Balaban J connectivity index is -0.000000589. The molecule has 0 amide bonds. The Bertz CT molecular complexity index is 1160. The van der Waals surface area contributed by atoms with Gasteiger partial charge >= 0.3 is 26.8 Å². The average molecular weight is 634 g/mol. The summed E-state index contributed by atoms with van der Waals surface area (Å²) in [6.07, 6.45) is 2.26. The van der Waals surface area contributed by atoms with Gasteiger partial charge in [-0.1, -0.05) is 104 Å². The van der Waals surface area contributed by atoms with Crippen LogP contribution >= 0.6 is 24.8 Å². The molecule has 4 aromatic carbocycles. The van der Waals surface area contributed by atoms with Crippen LogP contribution in [0.4, 0.5) is 0 Å². The fraction of sp³-hybridized carbons (Fsp3) is 0.444. The Morgan fingerprint density at radius 2 is 0.850 bits per heavy atom. The molecule has 4 aromatic rings. The molecule has 0 nitrogen and oxygen atoms in total. The van der Waals surface area contributed by atoms with Crippen LogP contribution in [0.1, 0.15) is 126 Å². The number of rotatable bonds is 6. The summed E-state index contributed by atoms with van der Waals surface area (Å²) in [5, 5.41) is 5.77. The molecule has 0 heterocycles. The van der Waals surface area contributed by atoms with Gasteiger partial charge < -0.3 is 14.9 Å². The van der Waals surface area contributed by atoms with Gasteiger partial charge in [0.05, 0.1) is 0 Å². The van der Waals surface area contributed by atoms with Crippen LogP contribution in [0.2, 0.25) is 0 Å². The van der Waals surface area contributed by atoms with E-state index >= 15 is 0 Å². The summed E-state index contributed by atoms with van der Waals surface area (Å²) in [6.45, 7) is 22.7. The third-order valence-corrected chi connectivity index (χ3v) is 7.27. The Kier molecular flexibility index (Phi) is 22.0. The summed E-state index contributed by atoms with van der Waals surface area (Å²) in [7, 11) is 2.97. The first-order valence-electron chi connectivity index (χ1n) is 13.8.